The lowest BCUT2D eigenvalue weighted by atomic mass is 10.1. The molecule has 0 aliphatic rings. The van der Waals surface area contributed by atoms with E-state index in [-0.39, 0.29) is 23.0 Å². The standard InChI is InChI=1S/C21H26N4O5S/c1-7-25-17-9-8-15(31(28,29)24(5)6)10-16(17)23-18(25)11-30-21(27)20-12(2)19(14(4)26)13(3)22-20/h8-10,22H,7,11H2,1-6H3. The Hall–Kier alpha value is -2.98. The maximum Gasteiger partial charge on any atom is 0.355 e. The molecule has 0 aliphatic carbocycles. The Labute approximate surface area is 181 Å². The number of rotatable bonds is 7. The minimum atomic E-state index is -3.59. The van der Waals surface area contributed by atoms with Gasteiger partial charge in [0, 0.05) is 31.9 Å². The van der Waals surface area contributed by atoms with Crippen molar-refractivity contribution in [3.05, 3.63) is 46.5 Å². The highest BCUT2D eigenvalue weighted by Gasteiger charge is 2.23. The highest BCUT2D eigenvalue weighted by atomic mass is 32.2. The van der Waals surface area contributed by atoms with Crippen molar-refractivity contribution in [3.8, 4) is 0 Å². The predicted octanol–water partition coefficient (Wildman–Crippen LogP) is 2.81. The molecular formula is C21H26N4O5S. The van der Waals surface area contributed by atoms with E-state index in [1.807, 2.05) is 11.5 Å². The molecule has 3 rings (SSSR count). The summed E-state index contributed by atoms with van der Waals surface area (Å²) in [5.74, 6) is -0.210. The van der Waals surface area contributed by atoms with E-state index in [9.17, 15) is 18.0 Å². The molecule has 1 aromatic carbocycles. The molecule has 0 spiro atoms. The van der Waals surface area contributed by atoms with Gasteiger partial charge in [0.1, 0.15) is 18.1 Å². The number of esters is 1. The van der Waals surface area contributed by atoms with E-state index in [2.05, 4.69) is 9.97 Å². The number of aromatic amines is 1. The Kier molecular flexibility index (Phi) is 6.06. The fourth-order valence-corrected chi connectivity index (χ4v) is 4.60. The minimum Gasteiger partial charge on any atom is -0.453 e. The first kappa shape index (κ1) is 22.7. The third-order valence-corrected chi connectivity index (χ3v) is 7.03. The molecule has 166 valence electrons. The number of H-pyrrole nitrogens is 1. The normalized spacial score (nSPS) is 12.0. The van der Waals surface area contributed by atoms with E-state index in [1.165, 1.54) is 33.2 Å². The molecule has 0 amide bonds. The van der Waals surface area contributed by atoms with Crippen LogP contribution in [0.15, 0.2) is 23.1 Å². The Bertz CT molecular complexity index is 1280. The molecule has 31 heavy (non-hydrogen) atoms. The second kappa shape index (κ2) is 8.27. The van der Waals surface area contributed by atoms with Gasteiger partial charge in [-0.3, -0.25) is 4.79 Å². The molecule has 0 bridgehead atoms. The van der Waals surface area contributed by atoms with Gasteiger partial charge in [0.25, 0.3) is 0 Å². The number of ether oxygens (including phenoxy) is 1. The Morgan fingerprint density at radius 1 is 1.23 bits per heavy atom. The van der Waals surface area contributed by atoms with Gasteiger partial charge in [0.2, 0.25) is 10.0 Å². The number of nitrogens with zero attached hydrogens (tertiary/aromatic N) is 3. The topological polar surface area (TPSA) is 114 Å². The van der Waals surface area contributed by atoms with Crippen molar-refractivity contribution in [2.75, 3.05) is 14.1 Å². The number of hydrogen-bond acceptors (Lipinski definition) is 6. The Morgan fingerprint density at radius 3 is 2.45 bits per heavy atom. The van der Waals surface area contributed by atoms with Crippen molar-refractivity contribution < 1.29 is 22.7 Å². The van der Waals surface area contributed by atoms with Crippen LogP contribution in [0, 0.1) is 13.8 Å². The van der Waals surface area contributed by atoms with Crippen LogP contribution >= 0.6 is 0 Å². The number of nitrogens with one attached hydrogen (secondary N) is 1. The number of Topliss-reactive ketones (excluding diaryl/α,β-unsaturated/α-hetero) is 1. The first-order chi connectivity index (χ1) is 14.5. The van der Waals surface area contributed by atoms with Crippen LogP contribution in [0.1, 0.15) is 51.8 Å². The summed E-state index contributed by atoms with van der Waals surface area (Å²) in [6.07, 6.45) is 0. The Morgan fingerprint density at radius 2 is 1.90 bits per heavy atom. The molecule has 0 unspecified atom stereocenters. The molecule has 0 fully saturated rings. The lowest BCUT2D eigenvalue weighted by molar-refractivity contribution is 0.0451. The van der Waals surface area contributed by atoms with Crippen LogP contribution in [-0.4, -0.2) is 53.1 Å². The lowest BCUT2D eigenvalue weighted by Gasteiger charge is -2.11. The van der Waals surface area contributed by atoms with Crippen LogP contribution < -0.4 is 0 Å². The number of aryl methyl sites for hydroxylation is 2. The quantitative estimate of drug-likeness (QED) is 0.441. The lowest BCUT2D eigenvalue weighted by Crippen LogP contribution is -2.22. The van der Waals surface area contributed by atoms with E-state index >= 15 is 0 Å². The maximum atomic E-state index is 12.6. The summed E-state index contributed by atoms with van der Waals surface area (Å²) in [5.41, 5.74) is 3.15. The zero-order chi connectivity index (χ0) is 23.1. The van der Waals surface area contributed by atoms with Crippen LogP contribution in [0.4, 0.5) is 0 Å². The van der Waals surface area contributed by atoms with Crippen molar-refractivity contribution in [2.24, 2.45) is 0 Å². The van der Waals surface area contributed by atoms with Gasteiger partial charge in [-0.1, -0.05) is 0 Å². The molecule has 0 aliphatic heterocycles. The highest BCUT2D eigenvalue weighted by molar-refractivity contribution is 7.89. The average Bonchev–Trinajstić information content (AvgIpc) is 3.21. The molecule has 2 aromatic heterocycles. The highest BCUT2D eigenvalue weighted by Crippen LogP contribution is 2.23. The van der Waals surface area contributed by atoms with Gasteiger partial charge in [0.05, 0.1) is 15.9 Å². The zero-order valence-electron chi connectivity index (χ0n) is 18.4. The number of carbonyl (C=O) groups excluding carboxylic acids is 2. The van der Waals surface area contributed by atoms with Crippen LogP contribution in [-0.2, 0) is 27.9 Å². The van der Waals surface area contributed by atoms with E-state index in [4.69, 9.17) is 4.74 Å². The molecule has 3 aromatic rings. The van der Waals surface area contributed by atoms with Gasteiger partial charge in [-0.05, 0) is 51.5 Å². The molecule has 0 radical (unpaired) electrons. The Balaban J connectivity index is 1.91. The van der Waals surface area contributed by atoms with Crippen LogP contribution in [0.5, 0.6) is 0 Å². The third-order valence-electron chi connectivity index (χ3n) is 5.22. The van der Waals surface area contributed by atoms with Crippen molar-refractivity contribution in [1.29, 1.82) is 0 Å². The second-order valence-corrected chi connectivity index (χ2v) is 9.62. The number of aromatic nitrogens is 3. The molecule has 9 nitrogen and oxygen atoms in total. The zero-order valence-corrected chi connectivity index (χ0v) is 19.3. The largest absolute Gasteiger partial charge is 0.453 e. The van der Waals surface area contributed by atoms with Gasteiger partial charge in [-0.2, -0.15) is 0 Å². The third kappa shape index (κ3) is 4.00. The van der Waals surface area contributed by atoms with Crippen LogP contribution in [0.2, 0.25) is 0 Å². The molecule has 2 heterocycles. The molecule has 0 saturated heterocycles. The summed E-state index contributed by atoms with van der Waals surface area (Å²) in [6.45, 7) is 7.28. The maximum absolute atomic E-state index is 12.6. The fourth-order valence-electron chi connectivity index (χ4n) is 3.68. The molecule has 10 heteroatoms. The van der Waals surface area contributed by atoms with Gasteiger partial charge in [-0.25, -0.2) is 22.5 Å². The van der Waals surface area contributed by atoms with Crippen LogP contribution in [0.3, 0.4) is 0 Å². The van der Waals surface area contributed by atoms with Crippen molar-refractivity contribution in [3.63, 3.8) is 0 Å². The number of carbonyl (C=O) groups is 2. The van der Waals surface area contributed by atoms with E-state index in [0.29, 0.717) is 34.7 Å². The van der Waals surface area contributed by atoms with Gasteiger partial charge >= 0.3 is 5.97 Å². The number of fused-ring (bicyclic) bond motifs is 1. The average molecular weight is 447 g/mol. The number of hydrogen-bond donors (Lipinski definition) is 1. The summed E-state index contributed by atoms with van der Waals surface area (Å²) >= 11 is 0. The summed E-state index contributed by atoms with van der Waals surface area (Å²) < 4.78 is 33.3. The number of sulfonamides is 1. The first-order valence-electron chi connectivity index (χ1n) is 9.77. The number of ketones is 1. The number of benzene rings is 1. The molecule has 1 N–H and O–H groups in total. The first-order valence-corrected chi connectivity index (χ1v) is 11.2. The van der Waals surface area contributed by atoms with Gasteiger partial charge in [-0.15, -0.1) is 0 Å². The van der Waals surface area contributed by atoms with Crippen molar-refractivity contribution in [2.45, 2.75) is 45.7 Å². The summed E-state index contributed by atoms with van der Waals surface area (Å²) in [4.78, 5) is 32.0. The second-order valence-electron chi connectivity index (χ2n) is 7.47. The molecule has 0 atom stereocenters. The summed E-state index contributed by atoms with van der Waals surface area (Å²) in [7, 11) is -0.649. The summed E-state index contributed by atoms with van der Waals surface area (Å²) in [6, 6.07) is 4.75. The van der Waals surface area contributed by atoms with Crippen molar-refractivity contribution in [1.82, 2.24) is 18.8 Å². The van der Waals surface area contributed by atoms with Gasteiger partial charge in [0.15, 0.2) is 5.78 Å². The van der Waals surface area contributed by atoms with Crippen molar-refractivity contribution >= 4 is 32.8 Å². The van der Waals surface area contributed by atoms with Crippen LogP contribution in [0.25, 0.3) is 11.0 Å². The minimum absolute atomic E-state index is 0.0932. The van der Waals surface area contributed by atoms with E-state index < -0.39 is 16.0 Å². The predicted molar refractivity (Wildman–Crippen MR) is 116 cm³/mol. The molecular weight excluding hydrogens is 420 g/mol. The smallest absolute Gasteiger partial charge is 0.355 e. The van der Waals surface area contributed by atoms with E-state index in [0.717, 1.165) is 9.82 Å². The summed E-state index contributed by atoms with van der Waals surface area (Å²) in [5, 5.41) is 0. The fraction of sp³-hybridized carbons (Fsp3) is 0.381. The molecule has 0 saturated carbocycles. The van der Waals surface area contributed by atoms with Gasteiger partial charge < -0.3 is 14.3 Å². The van der Waals surface area contributed by atoms with E-state index in [1.54, 1.807) is 19.9 Å². The monoisotopic (exact) mass is 446 g/mol. The number of imidazole rings is 1. The SMILES string of the molecule is CCn1c(COC(=O)c2[nH]c(C)c(C(C)=O)c2C)nc2cc(S(=O)(=O)N(C)C)ccc21.